The number of hydrogen-bond donors (Lipinski definition) is 2. The van der Waals surface area contributed by atoms with Crippen molar-refractivity contribution in [2.24, 2.45) is 0 Å². The fourth-order valence-electron chi connectivity index (χ4n) is 3.00. The van der Waals surface area contributed by atoms with Gasteiger partial charge >= 0.3 is 0 Å². The summed E-state index contributed by atoms with van der Waals surface area (Å²) < 4.78 is 0. The Morgan fingerprint density at radius 2 is 2.00 bits per heavy atom. The van der Waals surface area contributed by atoms with Crippen molar-refractivity contribution in [3.8, 4) is 0 Å². The summed E-state index contributed by atoms with van der Waals surface area (Å²) >= 11 is 0. The number of aryl methyl sites for hydroxylation is 1. The van der Waals surface area contributed by atoms with Crippen molar-refractivity contribution in [3.05, 3.63) is 30.1 Å². The van der Waals surface area contributed by atoms with Gasteiger partial charge in [-0.15, -0.1) is 0 Å². The Balaban J connectivity index is 0.00000132. The van der Waals surface area contributed by atoms with E-state index in [2.05, 4.69) is 50.3 Å². The van der Waals surface area contributed by atoms with Gasteiger partial charge in [0.15, 0.2) is 5.82 Å². The van der Waals surface area contributed by atoms with Crippen molar-refractivity contribution in [2.75, 3.05) is 31.1 Å². The Labute approximate surface area is 129 Å². The van der Waals surface area contributed by atoms with E-state index in [1.54, 1.807) is 6.33 Å². The first-order valence-electron chi connectivity index (χ1n) is 7.12. The zero-order valence-corrected chi connectivity index (χ0v) is 12.7. The lowest BCUT2D eigenvalue weighted by Gasteiger charge is -2.26. The Bertz CT molecular complexity index is 776. The Morgan fingerprint density at radius 3 is 2.81 bits per heavy atom. The van der Waals surface area contributed by atoms with Gasteiger partial charge in [0.25, 0.3) is 0 Å². The van der Waals surface area contributed by atoms with Crippen molar-refractivity contribution in [1.29, 1.82) is 0 Å². The molecule has 0 bridgehead atoms. The van der Waals surface area contributed by atoms with E-state index in [1.165, 1.54) is 10.9 Å². The zero-order valence-electron chi connectivity index (χ0n) is 11.9. The molecule has 2 aromatic heterocycles. The molecule has 3 aromatic rings. The summed E-state index contributed by atoms with van der Waals surface area (Å²) in [7, 11) is 0. The van der Waals surface area contributed by atoms with Gasteiger partial charge in [-0.05, 0) is 19.1 Å². The van der Waals surface area contributed by atoms with E-state index in [0.29, 0.717) is 0 Å². The SMILES string of the molecule is Cc1ccc2[nH]c3c(N4CC[NH2+]CC4)ncnc3c2c1.[Cl-]. The average Bonchev–Trinajstić information content (AvgIpc) is 2.86. The Morgan fingerprint density at radius 1 is 1.19 bits per heavy atom. The number of fused-ring (bicyclic) bond motifs is 3. The van der Waals surface area contributed by atoms with Gasteiger partial charge in [0.1, 0.15) is 17.4 Å². The molecule has 6 heteroatoms. The molecule has 110 valence electrons. The summed E-state index contributed by atoms with van der Waals surface area (Å²) in [6.45, 7) is 6.46. The molecule has 0 unspecified atom stereocenters. The van der Waals surface area contributed by atoms with Gasteiger partial charge in [-0.1, -0.05) is 11.6 Å². The number of quaternary nitrogens is 1. The normalized spacial score (nSPS) is 15.4. The van der Waals surface area contributed by atoms with E-state index in [9.17, 15) is 0 Å². The number of anilines is 1. The summed E-state index contributed by atoms with van der Waals surface area (Å²) in [5.74, 6) is 1.04. The predicted molar refractivity (Wildman–Crippen MR) is 80.0 cm³/mol. The molecule has 0 radical (unpaired) electrons. The molecule has 0 atom stereocenters. The number of halogens is 1. The molecule has 1 fully saturated rings. The van der Waals surface area contributed by atoms with Crippen LogP contribution in [0.5, 0.6) is 0 Å². The van der Waals surface area contributed by atoms with Gasteiger partial charge < -0.3 is 27.6 Å². The largest absolute Gasteiger partial charge is 1.00 e. The van der Waals surface area contributed by atoms with Gasteiger partial charge in [-0.3, -0.25) is 0 Å². The topological polar surface area (TPSA) is 61.4 Å². The summed E-state index contributed by atoms with van der Waals surface area (Å²) in [6.07, 6.45) is 1.69. The highest BCUT2D eigenvalue weighted by atomic mass is 35.5. The smallest absolute Gasteiger partial charge is 0.156 e. The van der Waals surface area contributed by atoms with Crippen LogP contribution < -0.4 is 22.6 Å². The minimum absolute atomic E-state index is 0. The van der Waals surface area contributed by atoms with Crippen molar-refractivity contribution in [3.63, 3.8) is 0 Å². The third-order valence-electron chi connectivity index (χ3n) is 4.02. The van der Waals surface area contributed by atoms with E-state index in [0.717, 1.165) is 48.5 Å². The number of piperazine rings is 1. The van der Waals surface area contributed by atoms with Crippen LogP contribution in [0.4, 0.5) is 5.82 Å². The molecule has 21 heavy (non-hydrogen) atoms. The number of nitrogens with two attached hydrogens (primary N) is 1. The highest BCUT2D eigenvalue weighted by Crippen LogP contribution is 2.29. The number of hydrogen-bond acceptors (Lipinski definition) is 3. The maximum atomic E-state index is 4.52. The molecule has 1 aliphatic heterocycles. The van der Waals surface area contributed by atoms with Crippen LogP contribution in [0.1, 0.15) is 5.56 Å². The number of rotatable bonds is 1. The zero-order chi connectivity index (χ0) is 13.5. The van der Waals surface area contributed by atoms with E-state index in [4.69, 9.17) is 0 Å². The van der Waals surface area contributed by atoms with Gasteiger partial charge in [-0.25, -0.2) is 9.97 Å². The highest BCUT2D eigenvalue weighted by molar-refractivity contribution is 6.08. The number of benzene rings is 1. The first kappa shape index (κ1) is 14.1. The molecule has 1 aromatic carbocycles. The molecule has 4 rings (SSSR count). The lowest BCUT2D eigenvalue weighted by atomic mass is 10.1. The molecule has 1 saturated heterocycles. The minimum Gasteiger partial charge on any atom is -1.00 e. The summed E-state index contributed by atoms with van der Waals surface area (Å²) in [5.41, 5.74) is 4.49. The van der Waals surface area contributed by atoms with Crippen LogP contribution in [0.2, 0.25) is 0 Å². The standard InChI is InChI=1S/C15H17N5.ClH/c1-10-2-3-12-11(8-10)13-14(19-12)15(18-9-17-13)20-6-4-16-5-7-20;/h2-3,8-9,16,19H,4-7H2,1H3;1H. The molecular weight excluding hydrogens is 286 g/mol. The number of aromatic amines is 1. The molecule has 0 aliphatic carbocycles. The second kappa shape index (κ2) is 5.50. The van der Waals surface area contributed by atoms with Gasteiger partial charge in [-0.2, -0.15) is 0 Å². The molecule has 1 aliphatic rings. The second-order valence-corrected chi connectivity index (χ2v) is 5.45. The van der Waals surface area contributed by atoms with Crippen LogP contribution in [0.25, 0.3) is 21.9 Å². The van der Waals surface area contributed by atoms with Gasteiger partial charge in [0, 0.05) is 10.9 Å². The maximum absolute atomic E-state index is 4.52. The lowest BCUT2D eigenvalue weighted by Crippen LogP contribution is -3.00. The minimum atomic E-state index is 0. The van der Waals surface area contributed by atoms with Crippen LogP contribution in [0.3, 0.4) is 0 Å². The highest BCUT2D eigenvalue weighted by Gasteiger charge is 2.19. The van der Waals surface area contributed by atoms with Crippen LogP contribution in [0.15, 0.2) is 24.5 Å². The van der Waals surface area contributed by atoms with Crippen LogP contribution in [0, 0.1) is 6.92 Å². The summed E-state index contributed by atoms with van der Waals surface area (Å²) in [5, 5.41) is 3.54. The molecule has 0 spiro atoms. The Kier molecular flexibility index (Phi) is 3.69. The predicted octanol–water partition coefficient (Wildman–Crippen LogP) is -2.19. The third kappa shape index (κ3) is 2.32. The lowest BCUT2D eigenvalue weighted by molar-refractivity contribution is -0.655. The Hall–Kier alpha value is -1.85. The summed E-state index contributed by atoms with van der Waals surface area (Å²) in [6, 6.07) is 6.44. The number of nitrogens with one attached hydrogen (secondary N) is 1. The van der Waals surface area contributed by atoms with Crippen LogP contribution in [-0.2, 0) is 0 Å². The van der Waals surface area contributed by atoms with E-state index >= 15 is 0 Å². The van der Waals surface area contributed by atoms with Gasteiger partial charge in [0.05, 0.1) is 26.2 Å². The monoisotopic (exact) mass is 303 g/mol. The molecule has 0 amide bonds. The van der Waals surface area contributed by atoms with E-state index in [1.807, 2.05) is 0 Å². The van der Waals surface area contributed by atoms with Crippen LogP contribution in [-0.4, -0.2) is 41.1 Å². The van der Waals surface area contributed by atoms with Crippen molar-refractivity contribution < 1.29 is 17.7 Å². The first-order valence-corrected chi connectivity index (χ1v) is 7.12. The van der Waals surface area contributed by atoms with Crippen molar-refractivity contribution >= 4 is 27.8 Å². The number of H-pyrrole nitrogens is 1. The number of nitrogens with zero attached hydrogens (tertiary/aromatic N) is 3. The molecule has 3 heterocycles. The summed E-state index contributed by atoms with van der Waals surface area (Å²) in [4.78, 5) is 14.9. The molecular formula is C15H18ClN5. The van der Waals surface area contributed by atoms with Gasteiger partial charge in [0.2, 0.25) is 0 Å². The van der Waals surface area contributed by atoms with E-state index in [-0.39, 0.29) is 12.4 Å². The van der Waals surface area contributed by atoms with Crippen molar-refractivity contribution in [1.82, 2.24) is 15.0 Å². The molecule has 0 saturated carbocycles. The fourth-order valence-corrected chi connectivity index (χ4v) is 3.00. The number of aromatic nitrogens is 3. The van der Waals surface area contributed by atoms with Crippen LogP contribution >= 0.6 is 0 Å². The van der Waals surface area contributed by atoms with Crippen molar-refractivity contribution in [2.45, 2.75) is 6.92 Å². The fraction of sp³-hybridized carbons (Fsp3) is 0.333. The average molecular weight is 304 g/mol. The third-order valence-corrected chi connectivity index (χ3v) is 4.02. The molecule has 5 nitrogen and oxygen atoms in total. The second-order valence-electron chi connectivity index (χ2n) is 5.45. The van der Waals surface area contributed by atoms with E-state index < -0.39 is 0 Å². The molecule has 3 N–H and O–H groups in total. The quantitative estimate of drug-likeness (QED) is 0.537. The first-order chi connectivity index (χ1) is 9.83. The maximum Gasteiger partial charge on any atom is 0.156 e.